The van der Waals surface area contributed by atoms with Gasteiger partial charge in [0.1, 0.15) is 12.4 Å². The van der Waals surface area contributed by atoms with E-state index in [9.17, 15) is 0 Å². The van der Waals surface area contributed by atoms with E-state index in [1.54, 1.807) is 13.2 Å². The molecule has 0 heterocycles. The van der Waals surface area contributed by atoms with Crippen molar-refractivity contribution >= 4 is 0 Å². The number of hydrogen-bond donors (Lipinski definition) is 0. The molecule has 0 fully saturated rings. The monoisotopic (exact) mass is 168 g/mol. The topological polar surface area (TPSA) is 18.5 Å². The van der Waals surface area contributed by atoms with E-state index >= 15 is 0 Å². The first-order chi connectivity index (χ1) is 5.85. The third-order valence-electron chi connectivity index (χ3n) is 1.21. The van der Waals surface area contributed by atoms with Crippen molar-refractivity contribution in [3.05, 3.63) is 36.6 Å². The van der Waals surface area contributed by atoms with Crippen LogP contribution in [0.4, 0.5) is 0 Å². The Morgan fingerprint density at radius 2 is 2.17 bits per heavy atom. The summed E-state index contributed by atoms with van der Waals surface area (Å²) in [7, 11) is 1.65. The first-order valence-corrected chi connectivity index (χ1v) is 3.92. The molecule has 0 unspecified atom stereocenters. The van der Waals surface area contributed by atoms with Gasteiger partial charge >= 0.3 is 0 Å². The van der Waals surface area contributed by atoms with Crippen molar-refractivity contribution in [1.82, 2.24) is 0 Å². The molecule has 2 nitrogen and oxygen atoms in total. The zero-order chi connectivity index (χ0) is 9.23. The van der Waals surface area contributed by atoms with Crippen molar-refractivity contribution in [3.8, 4) is 0 Å². The van der Waals surface area contributed by atoms with Crippen LogP contribution in [-0.2, 0) is 9.47 Å². The molecule has 0 aliphatic rings. The molecule has 2 heteroatoms. The molecular formula is C10H16O2. The SMILES string of the molecule is C=C/C(=C\C=C/C)OCCOC. The lowest BCUT2D eigenvalue weighted by Crippen LogP contribution is -2.00. The predicted molar refractivity (Wildman–Crippen MR) is 50.9 cm³/mol. The van der Waals surface area contributed by atoms with Crippen LogP contribution in [0.15, 0.2) is 36.6 Å². The highest BCUT2D eigenvalue weighted by atomic mass is 16.5. The average Bonchev–Trinajstić information content (AvgIpc) is 2.11. The lowest BCUT2D eigenvalue weighted by atomic mass is 10.4. The van der Waals surface area contributed by atoms with E-state index in [0.29, 0.717) is 13.2 Å². The molecule has 0 aliphatic heterocycles. The van der Waals surface area contributed by atoms with Gasteiger partial charge in [0.15, 0.2) is 0 Å². The Morgan fingerprint density at radius 3 is 2.67 bits per heavy atom. The van der Waals surface area contributed by atoms with E-state index in [2.05, 4.69) is 6.58 Å². The fraction of sp³-hybridized carbons (Fsp3) is 0.400. The van der Waals surface area contributed by atoms with Gasteiger partial charge in [0.25, 0.3) is 0 Å². The maximum absolute atomic E-state index is 5.30. The second-order valence-electron chi connectivity index (χ2n) is 2.14. The van der Waals surface area contributed by atoms with E-state index in [4.69, 9.17) is 9.47 Å². The van der Waals surface area contributed by atoms with Gasteiger partial charge in [-0.1, -0.05) is 18.7 Å². The number of rotatable bonds is 6. The van der Waals surface area contributed by atoms with Crippen LogP contribution in [0, 0.1) is 0 Å². The Hall–Kier alpha value is -1.02. The summed E-state index contributed by atoms with van der Waals surface area (Å²) in [5.74, 6) is 0.769. The van der Waals surface area contributed by atoms with Gasteiger partial charge in [-0.15, -0.1) is 0 Å². The highest BCUT2D eigenvalue weighted by Crippen LogP contribution is 1.98. The van der Waals surface area contributed by atoms with Crippen molar-refractivity contribution < 1.29 is 9.47 Å². The van der Waals surface area contributed by atoms with Crippen molar-refractivity contribution in [2.75, 3.05) is 20.3 Å². The van der Waals surface area contributed by atoms with Crippen LogP contribution in [0.5, 0.6) is 0 Å². The molecule has 0 spiro atoms. The lowest BCUT2D eigenvalue weighted by Gasteiger charge is -2.04. The largest absolute Gasteiger partial charge is 0.491 e. The molecule has 0 atom stereocenters. The second kappa shape index (κ2) is 8.08. The summed E-state index contributed by atoms with van der Waals surface area (Å²) in [6.07, 6.45) is 7.38. The fourth-order valence-corrected chi connectivity index (χ4v) is 0.609. The minimum Gasteiger partial charge on any atom is -0.491 e. The summed E-state index contributed by atoms with van der Waals surface area (Å²) in [6.45, 7) is 6.74. The molecule has 0 N–H and O–H groups in total. The van der Waals surface area contributed by atoms with Crippen molar-refractivity contribution in [2.45, 2.75) is 6.92 Å². The second-order valence-corrected chi connectivity index (χ2v) is 2.14. The Balaban J connectivity index is 3.74. The molecule has 68 valence electrons. The van der Waals surface area contributed by atoms with Crippen LogP contribution in [0.2, 0.25) is 0 Å². The standard InChI is InChI=1S/C10H16O2/c1-4-6-7-10(5-2)12-9-8-11-3/h4-7H,2,8-9H2,1,3H3/b6-4-,10-7+. The normalized spacial score (nSPS) is 12.0. The summed E-state index contributed by atoms with van der Waals surface area (Å²) in [6, 6.07) is 0. The minimum absolute atomic E-state index is 0.561. The van der Waals surface area contributed by atoms with E-state index < -0.39 is 0 Å². The highest BCUT2D eigenvalue weighted by molar-refractivity contribution is 5.15. The number of methoxy groups -OCH3 is 1. The fourth-order valence-electron chi connectivity index (χ4n) is 0.609. The maximum Gasteiger partial charge on any atom is 0.118 e. The maximum atomic E-state index is 5.30. The molecule has 0 aliphatic carbocycles. The predicted octanol–water partition coefficient (Wildman–Crippen LogP) is 2.30. The Kier molecular flexibility index (Phi) is 7.39. The highest BCUT2D eigenvalue weighted by Gasteiger charge is 1.88. The van der Waals surface area contributed by atoms with Gasteiger partial charge in [-0.05, 0) is 19.1 Å². The van der Waals surface area contributed by atoms with Crippen molar-refractivity contribution in [1.29, 1.82) is 0 Å². The quantitative estimate of drug-likeness (QED) is 0.344. The summed E-state index contributed by atoms with van der Waals surface area (Å²) in [5.41, 5.74) is 0. The first-order valence-electron chi connectivity index (χ1n) is 3.92. The van der Waals surface area contributed by atoms with E-state index in [0.717, 1.165) is 5.76 Å². The molecule has 0 aromatic heterocycles. The lowest BCUT2D eigenvalue weighted by molar-refractivity contribution is 0.114. The molecule has 0 amide bonds. The van der Waals surface area contributed by atoms with Crippen molar-refractivity contribution in [2.24, 2.45) is 0 Å². The number of ether oxygens (including phenoxy) is 2. The van der Waals surface area contributed by atoms with E-state index in [-0.39, 0.29) is 0 Å². The molecule has 0 saturated carbocycles. The van der Waals surface area contributed by atoms with Gasteiger partial charge in [0.2, 0.25) is 0 Å². The van der Waals surface area contributed by atoms with Gasteiger partial charge in [0.05, 0.1) is 6.61 Å². The Morgan fingerprint density at radius 1 is 1.42 bits per heavy atom. The molecule has 0 aromatic carbocycles. The smallest absolute Gasteiger partial charge is 0.118 e. The molecule has 0 saturated heterocycles. The zero-order valence-corrected chi connectivity index (χ0v) is 7.75. The third-order valence-corrected chi connectivity index (χ3v) is 1.21. The van der Waals surface area contributed by atoms with Crippen LogP contribution < -0.4 is 0 Å². The summed E-state index contributed by atoms with van der Waals surface area (Å²) in [4.78, 5) is 0. The minimum atomic E-state index is 0.561. The third kappa shape index (κ3) is 5.74. The molecule has 0 aromatic rings. The van der Waals surface area contributed by atoms with Gasteiger partial charge in [-0.25, -0.2) is 0 Å². The first kappa shape index (κ1) is 11.0. The van der Waals surface area contributed by atoms with Gasteiger partial charge in [0, 0.05) is 7.11 Å². The van der Waals surface area contributed by atoms with Crippen LogP contribution in [-0.4, -0.2) is 20.3 Å². The average molecular weight is 168 g/mol. The number of hydrogen-bond acceptors (Lipinski definition) is 2. The Bertz CT molecular complexity index is 169. The van der Waals surface area contributed by atoms with Crippen LogP contribution >= 0.6 is 0 Å². The van der Waals surface area contributed by atoms with Crippen LogP contribution in [0.3, 0.4) is 0 Å². The van der Waals surface area contributed by atoms with E-state index in [1.807, 2.05) is 25.2 Å². The van der Waals surface area contributed by atoms with Gasteiger partial charge in [-0.3, -0.25) is 0 Å². The zero-order valence-electron chi connectivity index (χ0n) is 7.75. The summed E-state index contributed by atoms with van der Waals surface area (Å²) < 4.78 is 10.1. The molecule has 0 bridgehead atoms. The summed E-state index contributed by atoms with van der Waals surface area (Å²) >= 11 is 0. The van der Waals surface area contributed by atoms with Crippen LogP contribution in [0.25, 0.3) is 0 Å². The van der Waals surface area contributed by atoms with Crippen LogP contribution in [0.1, 0.15) is 6.92 Å². The Labute approximate surface area is 74.2 Å². The molecular weight excluding hydrogens is 152 g/mol. The molecule has 0 rings (SSSR count). The van der Waals surface area contributed by atoms with Gasteiger partial charge < -0.3 is 9.47 Å². The number of allylic oxidation sites excluding steroid dienone is 4. The van der Waals surface area contributed by atoms with Crippen molar-refractivity contribution in [3.63, 3.8) is 0 Å². The molecule has 12 heavy (non-hydrogen) atoms. The summed E-state index contributed by atoms with van der Waals surface area (Å²) in [5, 5.41) is 0. The van der Waals surface area contributed by atoms with Gasteiger partial charge in [-0.2, -0.15) is 0 Å². The van der Waals surface area contributed by atoms with E-state index in [1.165, 1.54) is 0 Å². The molecule has 0 radical (unpaired) electrons.